The fraction of sp³-hybridized carbons (Fsp3) is 0. The molecule has 0 aromatic rings. The van der Waals surface area contributed by atoms with Crippen LogP contribution in [0.2, 0.25) is 0 Å². The summed E-state index contributed by atoms with van der Waals surface area (Å²) in [6.07, 6.45) is 0. The first kappa shape index (κ1) is 9.60. The molecule has 0 heterocycles. The van der Waals surface area contributed by atoms with Crippen LogP contribution in [0, 0.1) is 0 Å². The van der Waals surface area contributed by atoms with Gasteiger partial charge in [0.05, 0.1) is 0 Å². The summed E-state index contributed by atoms with van der Waals surface area (Å²) in [7, 11) is 9.87. The molecule has 0 aliphatic carbocycles. The summed E-state index contributed by atoms with van der Waals surface area (Å²) >= 11 is -0.826. The van der Waals surface area contributed by atoms with Crippen molar-refractivity contribution < 1.29 is 47.1 Å². The third kappa shape index (κ3) is 8.84. The molecule has 0 aliphatic heterocycles. The predicted molar refractivity (Wildman–Crippen MR) is 11.7 cm³/mol. The average Bonchev–Trinajstić information content (AvgIpc) is 0.918. The molecule has 0 amide bonds. The number of hydrogen-bond donors (Lipinski definition) is 0. The topological polar surface area (TPSA) is 0 Å². The average molecular weight is 253 g/mol. The van der Waals surface area contributed by atoms with Crippen molar-refractivity contribution in [3.05, 3.63) is 0 Å². The monoisotopic (exact) mass is 250 g/mol. The van der Waals surface area contributed by atoms with E-state index in [1.165, 1.54) is 0 Å². The molecular weight excluding hydrogens is 253 g/mol. The quantitative estimate of drug-likeness (QED) is 0.612. The molecule has 22 valence electrons. The Labute approximate surface area is 63.0 Å². The molecule has 0 N–H and O–H groups in total. The van der Waals surface area contributed by atoms with Gasteiger partial charge in [0.25, 0.3) is 0 Å². The molecule has 0 aliphatic rings. The molecule has 0 aromatic carbocycles. The SMILES string of the molecule is [Cl][Zr][Cl].[Zr]. The second kappa shape index (κ2) is 9.02. The van der Waals surface area contributed by atoms with Gasteiger partial charge in [0.15, 0.2) is 0 Å². The van der Waals surface area contributed by atoms with Crippen LogP contribution in [0.5, 0.6) is 0 Å². The van der Waals surface area contributed by atoms with E-state index in [0.717, 1.165) is 0 Å². The Hall–Kier alpha value is 2.35. The smallest absolute Gasteiger partial charge is 0 e. The third-order valence-corrected chi connectivity index (χ3v) is 0. The molecule has 4 heteroatoms. The van der Waals surface area contributed by atoms with E-state index in [9.17, 15) is 0 Å². The number of halogens is 2. The zero-order chi connectivity index (χ0) is 2.71. The Morgan fingerprint density at radius 3 is 1.25 bits per heavy atom. The van der Waals surface area contributed by atoms with Crippen LogP contribution < -0.4 is 0 Å². The van der Waals surface area contributed by atoms with Gasteiger partial charge in [0.2, 0.25) is 0 Å². The van der Waals surface area contributed by atoms with E-state index in [-0.39, 0.29) is 26.2 Å². The van der Waals surface area contributed by atoms with Crippen molar-refractivity contribution in [1.82, 2.24) is 0 Å². The summed E-state index contributed by atoms with van der Waals surface area (Å²) in [6, 6.07) is 0. The van der Waals surface area contributed by atoms with Gasteiger partial charge in [0, 0.05) is 26.2 Å². The minimum absolute atomic E-state index is 0. The molecule has 0 unspecified atom stereocenters. The maximum absolute atomic E-state index is 4.93. The third-order valence-electron chi connectivity index (χ3n) is 0. The molecule has 0 aromatic heterocycles. The van der Waals surface area contributed by atoms with E-state index in [4.69, 9.17) is 17.0 Å². The zero-order valence-corrected chi connectivity index (χ0v) is 8.18. The summed E-state index contributed by atoms with van der Waals surface area (Å²) in [5, 5.41) is 0. The summed E-state index contributed by atoms with van der Waals surface area (Å²) < 4.78 is 0. The van der Waals surface area contributed by atoms with Crippen LogP contribution in [0.1, 0.15) is 0 Å². The van der Waals surface area contributed by atoms with Gasteiger partial charge in [0.1, 0.15) is 0 Å². The van der Waals surface area contributed by atoms with Crippen LogP contribution in [-0.4, -0.2) is 0 Å². The van der Waals surface area contributed by atoms with Gasteiger partial charge < -0.3 is 0 Å². The molecule has 0 nitrogen and oxygen atoms in total. The van der Waals surface area contributed by atoms with Crippen LogP contribution >= 0.6 is 17.0 Å². The Bertz CT molecular complexity index is 4.00. The maximum Gasteiger partial charge on any atom is 0 e. The molecule has 4 heavy (non-hydrogen) atoms. The molecule has 0 saturated carbocycles. The van der Waals surface area contributed by atoms with Gasteiger partial charge in [-0.05, 0) is 0 Å². The van der Waals surface area contributed by atoms with Crippen molar-refractivity contribution in [2.24, 2.45) is 0 Å². The minimum Gasteiger partial charge on any atom is 0 e. The fourth-order valence-corrected chi connectivity index (χ4v) is 0. The van der Waals surface area contributed by atoms with Gasteiger partial charge in [-0.1, -0.05) is 0 Å². The molecule has 0 saturated heterocycles. The van der Waals surface area contributed by atoms with Crippen LogP contribution in [0.4, 0.5) is 0 Å². The maximum atomic E-state index is 4.93. The standard InChI is InChI=1S/2ClH.2Zr/h2*1H;;/q;;;+2/p-2. The van der Waals surface area contributed by atoms with E-state index in [1.54, 1.807) is 0 Å². The zero-order valence-electron chi connectivity index (χ0n) is 1.76. The molecule has 0 bridgehead atoms. The van der Waals surface area contributed by atoms with Gasteiger partial charge in [-0.15, -0.1) is 0 Å². The van der Waals surface area contributed by atoms with Crippen LogP contribution in [0.25, 0.3) is 0 Å². The van der Waals surface area contributed by atoms with Crippen LogP contribution in [0.3, 0.4) is 0 Å². The van der Waals surface area contributed by atoms with E-state index in [1.807, 2.05) is 0 Å². The molecule has 0 spiro atoms. The van der Waals surface area contributed by atoms with E-state index in [0.29, 0.717) is 0 Å². The predicted octanol–water partition coefficient (Wildman–Crippen LogP) is 1.37. The summed E-state index contributed by atoms with van der Waals surface area (Å²) in [6.45, 7) is 0. The fourth-order valence-electron chi connectivity index (χ4n) is 0. The number of rotatable bonds is 0. The molecule has 0 atom stereocenters. The molecular formula is Cl2Zr2. The largest absolute Gasteiger partial charge is 0 e. The van der Waals surface area contributed by atoms with Gasteiger partial charge in [-0.3, -0.25) is 0 Å². The van der Waals surface area contributed by atoms with Crippen molar-refractivity contribution in [2.45, 2.75) is 0 Å². The van der Waals surface area contributed by atoms with Crippen molar-refractivity contribution >= 4 is 17.0 Å². The second-order valence-corrected chi connectivity index (χ2v) is 3.80. The molecule has 0 fully saturated rings. The first-order valence-corrected chi connectivity index (χ1v) is 6.71. The van der Waals surface area contributed by atoms with E-state index >= 15 is 0 Å². The molecule has 0 radical (unpaired) electrons. The minimum atomic E-state index is -0.826. The van der Waals surface area contributed by atoms with Crippen molar-refractivity contribution in [3.8, 4) is 0 Å². The Morgan fingerprint density at radius 1 is 1.25 bits per heavy atom. The van der Waals surface area contributed by atoms with E-state index in [2.05, 4.69) is 0 Å². The Balaban J connectivity index is 0. The van der Waals surface area contributed by atoms with Crippen molar-refractivity contribution in [2.75, 3.05) is 0 Å². The normalized spacial score (nSPS) is 3.50. The number of hydrogen-bond acceptors (Lipinski definition) is 0. The Kier molecular flexibility index (Phi) is 21.7. The Morgan fingerprint density at radius 2 is 1.25 bits per heavy atom. The first-order chi connectivity index (χ1) is 1.41. The second-order valence-electron chi connectivity index (χ2n) is 0.0714. The summed E-state index contributed by atoms with van der Waals surface area (Å²) in [4.78, 5) is 0. The van der Waals surface area contributed by atoms with Crippen LogP contribution in [0.15, 0.2) is 0 Å². The van der Waals surface area contributed by atoms with Crippen molar-refractivity contribution in [1.29, 1.82) is 0 Å². The van der Waals surface area contributed by atoms with E-state index < -0.39 is 20.8 Å². The first-order valence-electron chi connectivity index (χ1n) is 0.378. The summed E-state index contributed by atoms with van der Waals surface area (Å²) in [5.74, 6) is 0. The molecule has 0 rings (SSSR count). The van der Waals surface area contributed by atoms with Crippen molar-refractivity contribution in [3.63, 3.8) is 0 Å². The van der Waals surface area contributed by atoms with Crippen LogP contribution in [-0.2, 0) is 47.1 Å². The van der Waals surface area contributed by atoms with Gasteiger partial charge in [-0.2, -0.15) is 0 Å². The van der Waals surface area contributed by atoms with Gasteiger partial charge in [-0.25, -0.2) is 0 Å². The van der Waals surface area contributed by atoms with Gasteiger partial charge >= 0.3 is 37.9 Å². The summed E-state index contributed by atoms with van der Waals surface area (Å²) in [5.41, 5.74) is 0.